The first-order chi connectivity index (χ1) is 15.0. The molecule has 0 aliphatic carbocycles. The van der Waals surface area contributed by atoms with Gasteiger partial charge in [0.1, 0.15) is 6.04 Å². The molecule has 1 saturated heterocycles. The topological polar surface area (TPSA) is 150 Å². The summed E-state index contributed by atoms with van der Waals surface area (Å²) >= 11 is 0. The van der Waals surface area contributed by atoms with E-state index in [9.17, 15) is 31.7 Å². The van der Waals surface area contributed by atoms with Crippen LogP contribution in [-0.2, 0) is 33.9 Å². The Hall–Kier alpha value is -2.87. The van der Waals surface area contributed by atoms with Crippen LogP contribution in [0.15, 0.2) is 58.3 Å². The Bertz CT molecular complexity index is 1220. The normalized spacial score (nSPS) is 19.6. The minimum absolute atomic E-state index is 0.0594. The third-order valence-corrected chi connectivity index (χ3v) is 8.18. The number of methoxy groups -OCH3 is 1. The highest BCUT2D eigenvalue weighted by Gasteiger charge is 2.46. The first-order valence-electron chi connectivity index (χ1n) is 9.30. The Balaban J connectivity index is 1.87. The molecule has 11 nitrogen and oxygen atoms in total. The van der Waals surface area contributed by atoms with E-state index in [-0.39, 0.29) is 21.9 Å². The van der Waals surface area contributed by atoms with Gasteiger partial charge in [0, 0.05) is 25.1 Å². The van der Waals surface area contributed by atoms with Gasteiger partial charge in [-0.25, -0.2) is 8.42 Å². The molecule has 1 aliphatic rings. The molecule has 1 fully saturated rings. The lowest BCUT2D eigenvalue weighted by molar-refractivity contribution is -0.384. The van der Waals surface area contributed by atoms with Gasteiger partial charge in [-0.2, -0.15) is 12.7 Å². The van der Waals surface area contributed by atoms with Gasteiger partial charge in [-0.3, -0.25) is 19.1 Å². The Morgan fingerprint density at radius 3 is 2.12 bits per heavy atom. The maximum absolute atomic E-state index is 13.1. The van der Waals surface area contributed by atoms with E-state index in [4.69, 9.17) is 8.92 Å². The van der Waals surface area contributed by atoms with Crippen LogP contribution in [-0.4, -0.2) is 57.8 Å². The maximum Gasteiger partial charge on any atom is 0.324 e. The number of nitro benzene ring substituents is 1. The monoisotopic (exact) mass is 484 g/mol. The van der Waals surface area contributed by atoms with E-state index in [1.54, 1.807) is 19.1 Å². The van der Waals surface area contributed by atoms with Crippen LogP contribution in [0, 0.1) is 17.0 Å². The van der Waals surface area contributed by atoms with Gasteiger partial charge in [0.15, 0.2) is 0 Å². The largest absolute Gasteiger partial charge is 0.468 e. The summed E-state index contributed by atoms with van der Waals surface area (Å²) in [6, 6.07) is 8.76. The molecule has 1 aliphatic heterocycles. The second-order valence-electron chi connectivity index (χ2n) is 7.09. The predicted molar refractivity (Wildman–Crippen MR) is 111 cm³/mol. The number of nitrogens with zero attached hydrogens (tertiary/aromatic N) is 2. The highest BCUT2D eigenvalue weighted by molar-refractivity contribution is 7.89. The number of sulfonamides is 1. The zero-order valence-electron chi connectivity index (χ0n) is 17.1. The number of carbonyl (C=O) groups is 1. The van der Waals surface area contributed by atoms with Crippen LogP contribution in [0.2, 0.25) is 0 Å². The number of hydrogen-bond donors (Lipinski definition) is 0. The van der Waals surface area contributed by atoms with Gasteiger partial charge in [-0.15, -0.1) is 0 Å². The van der Waals surface area contributed by atoms with Crippen molar-refractivity contribution in [3.63, 3.8) is 0 Å². The first kappa shape index (κ1) is 23.8. The summed E-state index contributed by atoms with van der Waals surface area (Å²) in [6.45, 7) is 1.39. The average molecular weight is 485 g/mol. The van der Waals surface area contributed by atoms with E-state index in [0.717, 1.165) is 41.2 Å². The third-order valence-electron chi connectivity index (χ3n) is 4.92. The minimum atomic E-state index is -4.38. The molecule has 2 aromatic rings. The van der Waals surface area contributed by atoms with Crippen LogP contribution >= 0.6 is 0 Å². The second kappa shape index (κ2) is 8.94. The van der Waals surface area contributed by atoms with Gasteiger partial charge in [0.2, 0.25) is 10.0 Å². The molecule has 2 atom stereocenters. The molecular formula is C19H20N2O9S2. The molecule has 2 unspecified atom stereocenters. The van der Waals surface area contributed by atoms with Gasteiger partial charge < -0.3 is 4.74 Å². The number of carbonyl (C=O) groups excluding carboxylic acids is 1. The second-order valence-corrected chi connectivity index (χ2v) is 10.5. The number of rotatable bonds is 7. The van der Waals surface area contributed by atoms with Crippen molar-refractivity contribution >= 4 is 31.8 Å². The molecule has 13 heteroatoms. The molecule has 32 heavy (non-hydrogen) atoms. The molecule has 0 bridgehead atoms. The fourth-order valence-corrected chi connectivity index (χ4v) is 5.97. The molecule has 0 amide bonds. The predicted octanol–water partition coefficient (Wildman–Crippen LogP) is 1.61. The fraction of sp³-hybridized carbons (Fsp3) is 0.316. The Labute approximate surface area is 184 Å². The summed E-state index contributed by atoms with van der Waals surface area (Å²) in [5.41, 5.74) is 0.538. The number of benzene rings is 2. The van der Waals surface area contributed by atoms with Crippen LogP contribution in [0.25, 0.3) is 0 Å². The van der Waals surface area contributed by atoms with Gasteiger partial charge in [-0.1, -0.05) is 17.7 Å². The van der Waals surface area contributed by atoms with Crippen molar-refractivity contribution in [1.29, 1.82) is 0 Å². The number of esters is 1. The van der Waals surface area contributed by atoms with Gasteiger partial charge >= 0.3 is 5.97 Å². The zero-order valence-corrected chi connectivity index (χ0v) is 18.7. The van der Waals surface area contributed by atoms with E-state index >= 15 is 0 Å². The van der Waals surface area contributed by atoms with E-state index in [0.29, 0.717) is 0 Å². The molecule has 0 aromatic heterocycles. The van der Waals surface area contributed by atoms with Crippen molar-refractivity contribution in [3.05, 3.63) is 64.2 Å². The van der Waals surface area contributed by atoms with E-state index in [1.807, 2.05) is 0 Å². The summed E-state index contributed by atoms with van der Waals surface area (Å²) in [6.07, 6.45) is -1.41. The van der Waals surface area contributed by atoms with Gasteiger partial charge in [0.05, 0.1) is 27.9 Å². The average Bonchev–Trinajstić information content (AvgIpc) is 3.17. The smallest absolute Gasteiger partial charge is 0.324 e. The van der Waals surface area contributed by atoms with Crippen LogP contribution < -0.4 is 0 Å². The van der Waals surface area contributed by atoms with Crippen LogP contribution in [0.3, 0.4) is 0 Å². The standard InChI is InChI=1S/C19H20N2O9S2/c1-13-3-7-16(8-4-13)31(25,26)20-12-15(11-18(20)19(22)29-2)30-32(27,28)17-9-5-14(6-10-17)21(23)24/h3-10,15,18H,11-12H2,1-2H3. The van der Waals surface area contributed by atoms with Gasteiger partial charge in [-0.05, 0) is 31.2 Å². The molecule has 2 aromatic carbocycles. The highest BCUT2D eigenvalue weighted by Crippen LogP contribution is 2.31. The molecular weight excluding hydrogens is 464 g/mol. The van der Waals surface area contributed by atoms with Crippen molar-refractivity contribution in [2.45, 2.75) is 35.3 Å². The summed E-state index contributed by atoms with van der Waals surface area (Å²) in [5.74, 6) is -0.848. The van der Waals surface area contributed by atoms with Crippen LogP contribution in [0.4, 0.5) is 5.69 Å². The van der Waals surface area contributed by atoms with E-state index in [1.165, 1.54) is 12.1 Å². The number of nitro groups is 1. The van der Waals surface area contributed by atoms with Gasteiger partial charge in [0.25, 0.3) is 15.8 Å². The van der Waals surface area contributed by atoms with Crippen molar-refractivity contribution in [2.75, 3.05) is 13.7 Å². The molecule has 0 spiro atoms. The lowest BCUT2D eigenvalue weighted by Crippen LogP contribution is -2.41. The fourth-order valence-electron chi connectivity index (χ4n) is 3.27. The molecule has 3 rings (SSSR count). The van der Waals surface area contributed by atoms with E-state index < -0.39 is 49.7 Å². The lowest BCUT2D eigenvalue weighted by atomic mass is 10.2. The Morgan fingerprint density at radius 2 is 1.59 bits per heavy atom. The third kappa shape index (κ3) is 4.80. The van der Waals surface area contributed by atoms with E-state index in [2.05, 4.69) is 0 Å². The van der Waals surface area contributed by atoms with Crippen molar-refractivity contribution in [3.8, 4) is 0 Å². The molecule has 0 saturated carbocycles. The number of aryl methyl sites for hydroxylation is 1. The maximum atomic E-state index is 13.1. The summed E-state index contributed by atoms with van der Waals surface area (Å²) in [4.78, 5) is 21.9. The number of non-ortho nitro benzene ring substituents is 1. The minimum Gasteiger partial charge on any atom is -0.468 e. The SMILES string of the molecule is COC(=O)C1CC(OS(=O)(=O)c2ccc([N+](=O)[O-])cc2)CN1S(=O)(=O)c1ccc(C)cc1. The number of hydrogen-bond acceptors (Lipinski definition) is 9. The summed E-state index contributed by atoms with van der Waals surface area (Å²) in [7, 11) is -7.42. The summed E-state index contributed by atoms with van der Waals surface area (Å²) in [5, 5.41) is 10.8. The van der Waals surface area contributed by atoms with Crippen molar-refractivity contribution in [2.24, 2.45) is 0 Å². The number of ether oxygens (including phenoxy) is 1. The lowest BCUT2D eigenvalue weighted by Gasteiger charge is -2.22. The Kier molecular flexibility index (Phi) is 6.64. The molecule has 1 heterocycles. The quantitative estimate of drug-likeness (QED) is 0.247. The first-order valence-corrected chi connectivity index (χ1v) is 12.1. The summed E-state index contributed by atoms with van der Waals surface area (Å²) < 4.78 is 62.2. The highest BCUT2D eigenvalue weighted by atomic mass is 32.2. The molecule has 0 radical (unpaired) electrons. The molecule has 0 N–H and O–H groups in total. The Morgan fingerprint density at radius 1 is 1.03 bits per heavy atom. The van der Waals surface area contributed by atoms with Crippen molar-refractivity contribution in [1.82, 2.24) is 4.31 Å². The molecule has 172 valence electrons. The van der Waals surface area contributed by atoms with Crippen LogP contribution in [0.5, 0.6) is 0 Å². The van der Waals surface area contributed by atoms with Crippen LogP contribution in [0.1, 0.15) is 12.0 Å². The van der Waals surface area contributed by atoms with Crippen molar-refractivity contribution < 1.29 is 35.5 Å². The zero-order chi connectivity index (χ0) is 23.7.